The number of benzene rings is 2. The van der Waals surface area contributed by atoms with Gasteiger partial charge in [-0.05, 0) is 22.8 Å². The predicted molar refractivity (Wildman–Crippen MR) is 78.0 cm³/mol. The van der Waals surface area contributed by atoms with E-state index in [0.29, 0.717) is 13.2 Å². The minimum atomic E-state index is -0.954. The molecule has 102 valence electrons. The summed E-state index contributed by atoms with van der Waals surface area (Å²) in [5.41, 5.74) is 2.95. The monoisotopic (exact) mass is 268 g/mol. The van der Waals surface area contributed by atoms with Crippen LogP contribution in [0.2, 0.25) is 0 Å². The second-order valence-corrected chi connectivity index (χ2v) is 4.35. The molecule has 0 aliphatic heterocycles. The van der Waals surface area contributed by atoms with E-state index in [9.17, 15) is 4.79 Å². The lowest BCUT2D eigenvalue weighted by molar-refractivity contribution is -0.131. The Labute approximate surface area is 118 Å². The normalized spacial score (nSPS) is 10.8. The maximum atomic E-state index is 10.6. The van der Waals surface area contributed by atoms with Crippen molar-refractivity contribution >= 4 is 12.0 Å². The van der Waals surface area contributed by atoms with Crippen LogP contribution in [0.5, 0.6) is 0 Å². The van der Waals surface area contributed by atoms with E-state index in [1.807, 2.05) is 54.6 Å². The lowest BCUT2D eigenvalue weighted by Gasteiger charge is -2.07. The molecule has 1 N–H and O–H groups in total. The molecule has 0 bridgehead atoms. The number of carbonyl (C=O) groups is 1. The van der Waals surface area contributed by atoms with Crippen LogP contribution in [0.15, 0.2) is 60.7 Å². The van der Waals surface area contributed by atoms with E-state index in [1.54, 1.807) is 6.08 Å². The van der Waals surface area contributed by atoms with Crippen LogP contribution in [-0.2, 0) is 22.7 Å². The molecule has 0 heterocycles. The van der Waals surface area contributed by atoms with Gasteiger partial charge >= 0.3 is 5.97 Å². The van der Waals surface area contributed by atoms with Gasteiger partial charge in [-0.15, -0.1) is 0 Å². The van der Waals surface area contributed by atoms with Gasteiger partial charge in [-0.25, -0.2) is 4.79 Å². The molecule has 3 heteroatoms. The van der Waals surface area contributed by atoms with Crippen LogP contribution in [0.3, 0.4) is 0 Å². The summed E-state index contributed by atoms with van der Waals surface area (Å²) in [7, 11) is 0. The minimum Gasteiger partial charge on any atom is -0.478 e. The van der Waals surface area contributed by atoms with Crippen molar-refractivity contribution in [2.24, 2.45) is 0 Å². The van der Waals surface area contributed by atoms with Gasteiger partial charge in [0.25, 0.3) is 0 Å². The van der Waals surface area contributed by atoms with Crippen LogP contribution in [0.25, 0.3) is 6.08 Å². The molecule has 0 fully saturated rings. The lowest BCUT2D eigenvalue weighted by atomic mass is 10.1. The van der Waals surface area contributed by atoms with Gasteiger partial charge < -0.3 is 9.84 Å². The summed E-state index contributed by atoms with van der Waals surface area (Å²) in [6.45, 7) is 0.993. The molecule has 0 aromatic heterocycles. The van der Waals surface area contributed by atoms with Crippen LogP contribution in [0.1, 0.15) is 16.7 Å². The van der Waals surface area contributed by atoms with Gasteiger partial charge in [0.1, 0.15) is 0 Å². The van der Waals surface area contributed by atoms with Gasteiger partial charge in [-0.3, -0.25) is 0 Å². The Hall–Kier alpha value is -2.39. The van der Waals surface area contributed by atoms with Crippen molar-refractivity contribution in [2.75, 3.05) is 0 Å². The summed E-state index contributed by atoms with van der Waals surface area (Å²) >= 11 is 0. The third kappa shape index (κ3) is 4.37. The molecular formula is C17H16O3. The third-order valence-electron chi connectivity index (χ3n) is 2.83. The Morgan fingerprint density at radius 1 is 1.00 bits per heavy atom. The average Bonchev–Trinajstić information content (AvgIpc) is 2.47. The summed E-state index contributed by atoms with van der Waals surface area (Å²) in [6.07, 6.45) is 2.72. The molecule has 3 nitrogen and oxygen atoms in total. The van der Waals surface area contributed by atoms with Gasteiger partial charge in [0.15, 0.2) is 0 Å². The van der Waals surface area contributed by atoms with Gasteiger partial charge in [0.2, 0.25) is 0 Å². The third-order valence-corrected chi connectivity index (χ3v) is 2.83. The first kappa shape index (κ1) is 14.0. The Bertz CT molecular complexity index is 588. The van der Waals surface area contributed by atoms with Crippen molar-refractivity contribution in [3.8, 4) is 0 Å². The highest BCUT2D eigenvalue weighted by atomic mass is 16.5. The second kappa shape index (κ2) is 7.26. The van der Waals surface area contributed by atoms with Crippen molar-refractivity contribution in [1.29, 1.82) is 0 Å². The van der Waals surface area contributed by atoms with E-state index >= 15 is 0 Å². The largest absolute Gasteiger partial charge is 0.478 e. The number of hydrogen-bond acceptors (Lipinski definition) is 2. The zero-order valence-electron chi connectivity index (χ0n) is 11.0. The fraction of sp³-hybridized carbons (Fsp3) is 0.118. The Kier molecular flexibility index (Phi) is 5.09. The molecule has 2 rings (SSSR count). The highest BCUT2D eigenvalue weighted by molar-refractivity contribution is 5.85. The number of rotatable bonds is 6. The second-order valence-electron chi connectivity index (χ2n) is 4.35. The number of aliphatic carboxylic acids is 1. The van der Waals surface area contributed by atoms with Crippen LogP contribution < -0.4 is 0 Å². The summed E-state index contributed by atoms with van der Waals surface area (Å²) < 4.78 is 5.67. The van der Waals surface area contributed by atoms with E-state index in [2.05, 4.69) is 0 Å². The van der Waals surface area contributed by atoms with Crippen LogP contribution in [-0.4, -0.2) is 11.1 Å². The standard InChI is InChI=1S/C17H16O3/c18-17(19)11-10-15-8-4-5-9-16(15)13-20-12-14-6-2-1-3-7-14/h1-11H,12-13H2,(H,18,19). The minimum absolute atomic E-state index is 0.453. The van der Waals surface area contributed by atoms with E-state index in [4.69, 9.17) is 9.84 Å². The summed E-state index contributed by atoms with van der Waals surface area (Å²) in [4.78, 5) is 10.6. The Balaban J connectivity index is 1.97. The molecule has 0 saturated carbocycles. The maximum absolute atomic E-state index is 10.6. The molecule has 20 heavy (non-hydrogen) atoms. The van der Waals surface area contributed by atoms with Gasteiger partial charge in [-0.1, -0.05) is 54.6 Å². The smallest absolute Gasteiger partial charge is 0.328 e. The molecule has 0 aliphatic carbocycles. The number of hydrogen-bond donors (Lipinski definition) is 1. The Morgan fingerprint density at radius 2 is 1.70 bits per heavy atom. The first-order chi connectivity index (χ1) is 9.75. The molecule has 0 atom stereocenters. The first-order valence-corrected chi connectivity index (χ1v) is 6.36. The highest BCUT2D eigenvalue weighted by Gasteiger charge is 2.00. The molecule has 0 radical (unpaired) electrons. The summed E-state index contributed by atoms with van der Waals surface area (Å²) in [6, 6.07) is 17.5. The topological polar surface area (TPSA) is 46.5 Å². The molecule has 0 aliphatic rings. The van der Waals surface area contributed by atoms with E-state index in [0.717, 1.165) is 22.8 Å². The molecular weight excluding hydrogens is 252 g/mol. The van der Waals surface area contributed by atoms with E-state index in [1.165, 1.54) is 0 Å². The highest BCUT2D eigenvalue weighted by Crippen LogP contribution is 2.13. The Morgan fingerprint density at radius 3 is 2.45 bits per heavy atom. The van der Waals surface area contributed by atoms with E-state index in [-0.39, 0.29) is 0 Å². The number of carboxylic acids is 1. The van der Waals surface area contributed by atoms with E-state index < -0.39 is 5.97 Å². The van der Waals surface area contributed by atoms with Crippen LogP contribution in [0.4, 0.5) is 0 Å². The number of ether oxygens (including phenoxy) is 1. The van der Waals surface area contributed by atoms with Crippen molar-refractivity contribution in [3.05, 3.63) is 77.4 Å². The molecule has 0 saturated heterocycles. The zero-order valence-corrected chi connectivity index (χ0v) is 11.0. The summed E-state index contributed by atoms with van der Waals surface area (Å²) in [5.74, 6) is -0.954. The molecule has 0 unspecified atom stereocenters. The maximum Gasteiger partial charge on any atom is 0.328 e. The fourth-order valence-electron chi connectivity index (χ4n) is 1.84. The number of carboxylic acid groups (broad SMARTS) is 1. The summed E-state index contributed by atoms with van der Waals surface area (Å²) in [5, 5.41) is 8.67. The molecule has 2 aromatic carbocycles. The van der Waals surface area contributed by atoms with Gasteiger partial charge in [0, 0.05) is 6.08 Å². The zero-order chi connectivity index (χ0) is 14.2. The quantitative estimate of drug-likeness (QED) is 0.816. The average molecular weight is 268 g/mol. The van der Waals surface area contributed by atoms with Gasteiger partial charge in [0.05, 0.1) is 13.2 Å². The molecule has 2 aromatic rings. The SMILES string of the molecule is O=C(O)C=Cc1ccccc1COCc1ccccc1. The molecule has 0 spiro atoms. The lowest BCUT2D eigenvalue weighted by Crippen LogP contribution is -1.96. The van der Waals surface area contributed by atoms with Crippen LogP contribution in [0, 0.1) is 0 Å². The molecule has 0 amide bonds. The van der Waals surface area contributed by atoms with Crippen molar-refractivity contribution in [3.63, 3.8) is 0 Å². The van der Waals surface area contributed by atoms with Crippen molar-refractivity contribution in [1.82, 2.24) is 0 Å². The van der Waals surface area contributed by atoms with Gasteiger partial charge in [-0.2, -0.15) is 0 Å². The predicted octanol–water partition coefficient (Wildman–Crippen LogP) is 3.50. The fourth-order valence-corrected chi connectivity index (χ4v) is 1.84. The van der Waals surface area contributed by atoms with Crippen molar-refractivity contribution < 1.29 is 14.6 Å². The van der Waals surface area contributed by atoms with Crippen molar-refractivity contribution in [2.45, 2.75) is 13.2 Å². The first-order valence-electron chi connectivity index (χ1n) is 6.36. The van der Waals surface area contributed by atoms with Crippen LogP contribution >= 0.6 is 0 Å².